The summed E-state index contributed by atoms with van der Waals surface area (Å²) >= 11 is 0. The zero-order valence-corrected chi connectivity index (χ0v) is 9.16. The van der Waals surface area contributed by atoms with E-state index in [0.29, 0.717) is 6.01 Å². The minimum absolute atomic E-state index is 0.115. The first-order valence-electron chi connectivity index (χ1n) is 4.88. The molecule has 1 aromatic carbocycles. The molecule has 0 radical (unpaired) electrons. The molecule has 0 atom stereocenters. The predicted molar refractivity (Wildman–Crippen MR) is 60.5 cm³/mol. The zero-order chi connectivity index (χ0) is 11.1. The highest BCUT2D eigenvalue weighted by atomic mass is 16.4. The number of oxazole rings is 1. The van der Waals surface area contributed by atoms with Gasteiger partial charge in [-0.3, -0.25) is 5.43 Å². The minimum atomic E-state index is 0.115. The Morgan fingerprint density at radius 3 is 2.67 bits per heavy atom. The molecule has 1 heterocycles. The molecule has 1 aromatic heterocycles. The number of nitrogens with two attached hydrogens (primary N) is 1. The van der Waals surface area contributed by atoms with Gasteiger partial charge in [-0.05, 0) is 23.1 Å². The number of hydrogen-bond acceptors (Lipinski definition) is 4. The Bertz CT molecular complexity index is 482. The molecule has 0 aliphatic carbocycles. The topological polar surface area (TPSA) is 64.1 Å². The number of nitrogens with zero attached hydrogens (tertiary/aromatic N) is 1. The largest absolute Gasteiger partial charge is 0.423 e. The van der Waals surface area contributed by atoms with Gasteiger partial charge < -0.3 is 4.42 Å². The summed E-state index contributed by atoms with van der Waals surface area (Å²) in [4.78, 5) is 4.20. The van der Waals surface area contributed by atoms with Crippen LogP contribution in [0.3, 0.4) is 0 Å². The number of benzene rings is 1. The normalized spacial score (nSPS) is 12.0. The quantitative estimate of drug-likeness (QED) is 0.554. The maximum Gasteiger partial charge on any atom is 0.310 e. The molecule has 0 saturated carbocycles. The molecule has 0 aliphatic heterocycles. The fourth-order valence-electron chi connectivity index (χ4n) is 1.46. The number of hydrogen-bond donors (Lipinski definition) is 2. The van der Waals surface area contributed by atoms with E-state index in [1.54, 1.807) is 0 Å². The lowest BCUT2D eigenvalue weighted by Gasteiger charge is -2.18. The van der Waals surface area contributed by atoms with Crippen LogP contribution < -0.4 is 11.3 Å². The van der Waals surface area contributed by atoms with E-state index in [4.69, 9.17) is 10.3 Å². The summed E-state index contributed by atoms with van der Waals surface area (Å²) in [7, 11) is 0. The van der Waals surface area contributed by atoms with Crippen LogP contribution in [0.25, 0.3) is 11.1 Å². The third-order valence-corrected chi connectivity index (χ3v) is 2.38. The number of rotatable bonds is 1. The first-order valence-corrected chi connectivity index (χ1v) is 4.88. The summed E-state index contributed by atoms with van der Waals surface area (Å²) in [6, 6.07) is 6.34. The van der Waals surface area contributed by atoms with Crippen molar-refractivity contribution in [3.63, 3.8) is 0 Å². The third kappa shape index (κ3) is 1.80. The van der Waals surface area contributed by atoms with Crippen LogP contribution in [0.4, 0.5) is 6.01 Å². The van der Waals surface area contributed by atoms with Crippen LogP contribution in [-0.2, 0) is 5.41 Å². The molecule has 0 unspecified atom stereocenters. The van der Waals surface area contributed by atoms with E-state index in [0.717, 1.165) is 11.1 Å². The van der Waals surface area contributed by atoms with Crippen molar-refractivity contribution >= 4 is 17.1 Å². The Kier molecular flexibility index (Phi) is 2.16. The summed E-state index contributed by atoms with van der Waals surface area (Å²) < 4.78 is 5.34. The van der Waals surface area contributed by atoms with Crippen molar-refractivity contribution in [3.05, 3.63) is 23.8 Å². The van der Waals surface area contributed by atoms with Crippen molar-refractivity contribution in [1.29, 1.82) is 0 Å². The van der Waals surface area contributed by atoms with Gasteiger partial charge in [0.05, 0.1) is 0 Å². The fraction of sp³-hybridized carbons (Fsp3) is 0.364. The number of nitrogens with one attached hydrogen (secondary N) is 1. The van der Waals surface area contributed by atoms with Crippen LogP contribution >= 0.6 is 0 Å². The standard InChI is InChI=1S/C11H15N3O/c1-11(2,3)7-4-5-9-8(6-7)13-10(14-12)15-9/h4-6H,12H2,1-3H3,(H,13,14). The molecule has 2 aromatic rings. The van der Waals surface area contributed by atoms with Crippen LogP contribution in [0, 0.1) is 0 Å². The van der Waals surface area contributed by atoms with Crippen LogP contribution in [0.15, 0.2) is 22.6 Å². The number of nitrogen functional groups attached to an aromatic ring is 1. The van der Waals surface area contributed by atoms with Gasteiger partial charge in [-0.1, -0.05) is 26.8 Å². The van der Waals surface area contributed by atoms with Crippen LogP contribution in [0.5, 0.6) is 0 Å². The van der Waals surface area contributed by atoms with Gasteiger partial charge >= 0.3 is 6.01 Å². The number of hydrazine groups is 1. The molecule has 4 nitrogen and oxygen atoms in total. The van der Waals surface area contributed by atoms with Crippen LogP contribution in [0.2, 0.25) is 0 Å². The van der Waals surface area contributed by atoms with Gasteiger partial charge in [-0.15, -0.1) is 0 Å². The lowest BCUT2D eigenvalue weighted by molar-refractivity contribution is 0.590. The van der Waals surface area contributed by atoms with Crippen LogP contribution in [0.1, 0.15) is 26.3 Å². The molecule has 2 rings (SSSR count). The molecule has 0 amide bonds. The minimum Gasteiger partial charge on any atom is -0.423 e. The maximum absolute atomic E-state index is 5.34. The van der Waals surface area contributed by atoms with Gasteiger partial charge in [-0.2, -0.15) is 4.98 Å². The second-order valence-corrected chi connectivity index (χ2v) is 4.60. The van der Waals surface area contributed by atoms with E-state index < -0.39 is 0 Å². The van der Waals surface area contributed by atoms with Gasteiger partial charge in [0.15, 0.2) is 5.58 Å². The second-order valence-electron chi connectivity index (χ2n) is 4.60. The average Bonchev–Trinajstić information content (AvgIpc) is 2.57. The number of aromatic nitrogens is 1. The lowest BCUT2D eigenvalue weighted by Crippen LogP contribution is -2.10. The molecule has 0 fully saturated rings. The molecule has 0 spiro atoms. The van der Waals surface area contributed by atoms with E-state index in [1.807, 2.05) is 18.2 Å². The monoisotopic (exact) mass is 205 g/mol. The first kappa shape index (κ1) is 9.98. The summed E-state index contributed by atoms with van der Waals surface area (Å²) in [6.45, 7) is 6.49. The van der Waals surface area contributed by atoms with Crippen molar-refractivity contribution in [1.82, 2.24) is 4.98 Å². The van der Waals surface area contributed by atoms with Crippen molar-refractivity contribution < 1.29 is 4.42 Å². The molecule has 0 aliphatic rings. The summed E-state index contributed by atoms with van der Waals surface area (Å²) in [5, 5.41) is 0. The molecular weight excluding hydrogens is 190 g/mol. The summed E-state index contributed by atoms with van der Waals surface area (Å²) in [6.07, 6.45) is 0. The third-order valence-electron chi connectivity index (χ3n) is 2.38. The van der Waals surface area contributed by atoms with Crippen molar-refractivity contribution in [3.8, 4) is 0 Å². The molecule has 80 valence electrons. The first-order chi connectivity index (χ1) is 7.00. The highest BCUT2D eigenvalue weighted by Gasteiger charge is 2.15. The van der Waals surface area contributed by atoms with E-state index in [1.165, 1.54) is 5.56 Å². The summed E-state index contributed by atoms with van der Waals surface area (Å²) in [5.74, 6) is 5.23. The van der Waals surface area contributed by atoms with E-state index in [2.05, 4.69) is 31.2 Å². The van der Waals surface area contributed by atoms with Gasteiger partial charge in [0.1, 0.15) is 5.52 Å². The molecular formula is C11H15N3O. The molecule has 4 heteroatoms. The van der Waals surface area contributed by atoms with Gasteiger partial charge in [-0.25, -0.2) is 5.84 Å². The molecule has 3 N–H and O–H groups in total. The van der Waals surface area contributed by atoms with Crippen molar-refractivity contribution in [2.75, 3.05) is 5.43 Å². The predicted octanol–water partition coefficient (Wildman–Crippen LogP) is 2.41. The molecule has 0 bridgehead atoms. The average molecular weight is 205 g/mol. The molecule has 15 heavy (non-hydrogen) atoms. The van der Waals surface area contributed by atoms with Crippen molar-refractivity contribution in [2.24, 2.45) is 5.84 Å². The van der Waals surface area contributed by atoms with E-state index in [9.17, 15) is 0 Å². The highest BCUT2D eigenvalue weighted by Crippen LogP contribution is 2.26. The molecule has 0 saturated heterocycles. The van der Waals surface area contributed by atoms with E-state index >= 15 is 0 Å². The smallest absolute Gasteiger partial charge is 0.310 e. The maximum atomic E-state index is 5.34. The van der Waals surface area contributed by atoms with Gasteiger partial charge in [0.25, 0.3) is 0 Å². The van der Waals surface area contributed by atoms with E-state index in [-0.39, 0.29) is 5.41 Å². The zero-order valence-electron chi connectivity index (χ0n) is 9.16. The fourth-order valence-corrected chi connectivity index (χ4v) is 1.46. The number of fused-ring (bicyclic) bond motifs is 1. The Morgan fingerprint density at radius 2 is 2.07 bits per heavy atom. The highest BCUT2D eigenvalue weighted by molar-refractivity contribution is 5.75. The second kappa shape index (κ2) is 3.24. The van der Waals surface area contributed by atoms with Gasteiger partial charge in [0.2, 0.25) is 0 Å². The Hall–Kier alpha value is -1.55. The number of anilines is 1. The Balaban J connectivity index is 2.55. The Labute approximate surface area is 88.4 Å². The van der Waals surface area contributed by atoms with Gasteiger partial charge in [0, 0.05) is 0 Å². The van der Waals surface area contributed by atoms with Crippen LogP contribution in [-0.4, -0.2) is 4.98 Å². The Morgan fingerprint density at radius 1 is 1.33 bits per heavy atom. The summed E-state index contributed by atoms with van der Waals surface area (Å²) in [5.41, 5.74) is 5.32. The SMILES string of the molecule is CC(C)(C)c1ccc2oc(NN)nc2c1. The lowest BCUT2D eigenvalue weighted by atomic mass is 9.87. The van der Waals surface area contributed by atoms with Crippen molar-refractivity contribution in [2.45, 2.75) is 26.2 Å².